The molecule has 1 N–H and O–H groups in total. The summed E-state index contributed by atoms with van der Waals surface area (Å²) in [6.45, 7) is 0.823. The summed E-state index contributed by atoms with van der Waals surface area (Å²) in [5.74, 6) is 0.357. The van der Waals surface area contributed by atoms with Gasteiger partial charge >= 0.3 is 0 Å². The molecule has 1 saturated carbocycles. The second kappa shape index (κ2) is 5.26. The Labute approximate surface area is 112 Å². The predicted molar refractivity (Wildman–Crippen MR) is 73.7 cm³/mol. The molecule has 3 rings (SSSR count). The molecule has 4 heteroatoms. The highest BCUT2D eigenvalue weighted by Crippen LogP contribution is 2.30. The van der Waals surface area contributed by atoms with Crippen LogP contribution in [0, 0.1) is 5.92 Å². The Bertz CT molecular complexity index is 558. The third kappa shape index (κ3) is 3.22. The van der Waals surface area contributed by atoms with Crippen molar-refractivity contribution in [2.24, 2.45) is 5.92 Å². The maximum atomic E-state index is 11.6. The molecule has 1 aromatic heterocycles. The van der Waals surface area contributed by atoms with Gasteiger partial charge in [-0.1, -0.05) is 30.3 Å². The number of carbonyl (C=O) groups excluding carboxylic acids is 1. The number of carbonyl (C=O) groups is 1. The largest absolute Gasteiger partial charge is 0.323 e. The van der Waals surface area contributed by atoms with E-state index in [1.165, 1.54) is 5.56 Å². The lowest BCUT2D eigenvalue weighted by atomic mass is 10.1. The van der Waals surface area contributed by atoms with Crippen LogP contribution in [0.5, 0.6) is 0 Å². The van der Waals surface area contributed by atoms with Gasteiger partial charge in [0.05, 0.1) is 11.9 Å². The summed E-state index contributed by atoms with van der Waals surface area (Å²) >= 11 is 0. The second-order valence-corrected chi connectivity index (χ2v) is 4.99. The lowest BCUT2D eigenvalue weighted by Gasteiger charge is -2.02. The monoisotopic (exact) mass is 255 g/mol. The molecule has 0 unspecified atom stereocenters. The molecule has 1 amide bonds. The molecule has 4 nitrogen and oxygen atoms in total. The molecule has 2 aromatic rings. The van der Waals surface area contributed by atoms with Crippen LogP contribution in [-0.2, 0) is 17.8 Å². The van der Waals surface area contributed by atoms with Gasteiger partial charge in [-0.25, -0.2) is 0 Å². The van der Waals surface area contributed by atoms with Gasteiger partial charge in [-0.05, 0) is 24.8 Å². The zero-order valence-corrected chi connectivity index (χ0v) is 10.7. The standard InChI is InChI=1S/C15H17N3O/c19-15(13-6-7-13)17-14-10-16-18(11-14)9-8-12-4-2-1-3-5-12/h1-5,10-11,13H,6-9H2,(H,17,19). The van der Waals surface area contributed by atoms with Crippen LogP contribution >= 0.6 is 0 Å². The molecule has 0 radical (unpaired) electrons. The highest BCUT2D eigenvalue weighted by atomic mass is 16.2. The summed E-state index contributed by atoms with van der Waals surface area (Å²) in [7, 11) is 0. The summed E-state index contributed by atoms with van der Waals surface area (Å²) in [5.41, 5.74) is 2.09. The van der Waals surface area contributed by atoms with Crippen LogP contribution in [0.15, 0.2) is 42.7 Å². The number of hydrogen-bond donors (Lipinski definition) is 1. The molecule has 1 aromatic carbocycles. The maximum Gasteiger partial charge on any atom is 0.227 e. The molecule has 19 heavy (non-hydrogen) atoms. The van der Waals surface area contributed by atoms with Crippen molar-refractivity contribution in [3.05, 3.63) is 48.3 Å². The number of benzene rings is 1. The van der Waals surface area contributed by atoms with Crippen molar-refractivity contribution in [2.75, 3.05) is 5.32 Å². The van der Waals surface area contributed by atoms with Crippen molar-refractivity contribution < 1.29 is 4.79 Å². The van der Waals surface area contributed by atoms with E-state index in [4.69, 9.17) is 0 Å². The Kier molecular flexibility index (Phi) is 3.31. The van der Waals surface area contributed by atoms with E-state index < -0.39 is 0 Å². The normalized spacial score (nSPS) is 14.3. The van der Waals surface area contributed by atoms with Gasteiger partial charge in [-0.2, -0.15) is 5.10 Å². The second-order valence-electron chi connectivity index (χ2n) is 4.99. The van der Waals surface area contributed by atoms with Crippen molar-refractivity contribution in [1.82, 2.24) is 9.78 Å². The molecular formula is C15H17N3O. The third-order valence-electron chi connectivity index (χ3n) is 3.32. The average Bonchev–Trinajstić information content (AvgIpc) is 3.20. The topological polar surface area (TPSA) is 46.9 Å². The third-order valence-corrected chi connectivity index (χ3v) is 3.32. The Balaban J connectivity index is 1.54. The fourth-order valence-corrected chi connectivity index (χ4v) is 2.03. The van der Waals surface area contributed by atoms with Gasteiger partial charge in [0.2, 0.25) is 5.91 Å². The van der Waals surface area contributed by atoms with E-state index in [1.807, 2.05) is 29.1 Å². The highest BCUT2D eigenvalue weighted by Gasteiger charge is 2.29. The van der Waals surface area contributed by atoms with E-state index in [-0.39, 0.29) is 11.8 Å². The van der Waals surface area contributed by atoms with E-state index in [0.29, 0.717) is 0 Å². The molecule has 0 aliphatic heterocycles. The van der Waals surface area contributed by atoms with Gasteiger partial charge in [0.25, 0.3) is 0 Å². The quantitative estimate of drug-likeness (QED) is 0.892. The first kappa shape index (κ1) is 12.0. The van der Waals surface area contributed by atoms with Crippen molar-refractivity contribution in [3.63, 3.8) is 0 Å². The first-order valence-electron chi connectivity index (χ1n) is 6.68. The van der Waals surface area contributed by atoms with Crippen LogP contribution in [-0.4, -0.2) is 15.7 Å². The Hall–Kier alpha value is -2.10. The number of aromatic nitrogens is 2. The SMILES string of the molecule is O=C(Nc1cnn(CCc2ccccc2)c1)C1CC1. The molecule has 1 aliphatic rings. The Morgan fingerprint density at radius 2 is 2.11 bits per heavy atom. The molecule has 1 aliphatic carbocycles. The van der Waals surface area contributed by atoms with E-state index in [1.54, 1.807) is 6.20 Å². The lowest BCUT2D eigenvalue weighted by Crippen LogP contribution is -2.12. The number of nitrogens with one attached hydrogen (secondary N) is 1. The van der Waals surface area contributed by atoms with Crippen LogP contribution < -0.4 is 5.32 Å². The van der Waals surface area contributed by atoms with Crippen LogP contribution in [0.4, 0.5) is 5.69 Å². The summed E-state index contributed by atoms with van der Waals surface area (Å²) in [5, 5.41) is 7.17. The van der Waals surface area contributed by atoms with Gasteiger partial charge in [0.15, 0.2) is 0 Å². The van der Waals surface area contributed by atoms with Gasteiger partial charge in [0, 0.05) is 18.7 Å². The van der Waals surface area contributed by atoms with Crippen LogP contribution in [0.25, 0.3) is 0 Å². The number of nitrogens with zero attached hydrogens (tertiary/aromatic N) is 2. The highest BCUT2D eigenvalue weighted by molar-refractivity contribution is 5.93. The minimum absolute atomic E-state index is 0.127. The summed E-state index contributed by atoms with van der Waals surface area (Å²) in [4.78, 5) is 11.6. The number of anilines is 1. The smallest absolute Gasteiger partial charge is 0.227 e. The van der Waals surface area contributed by atoms with Crippen molar-refractivity contribution in [1.29, 1.82) is 0 Å². The van der Waals surface area contributed by atoms with Crippen molar-refractivity contribution in [2.45, 2.75) is 25.8 Å². The van der Waals surface area contributed by atoms with Crippen LogP contribution in [0.1, 0.15) is 18.4 Å². The van der Waals surface area contributed by atoms with E-state index in [2.05, 4.69) is 22.5 Å². The van der Waals surface area contributed by atoms with E-state index in [9.17, 15) is 4.79 Å². The fraction of sp³-hybridized carbons (Fsp3) is 0.333. The van der Waals surface area contributed by atoms with Gasteiger partial charge in [0.1, 0.15) is 0 Å². The predicted octanol–water partition coefficient (Wildman–Crippen LogP) is 2.47. The van der Waals surface area contributed by atoms with Crippen molar-refractivity contribution >= 4 is 11.6 Å². The zero-order valence-electron chi connectivity index (χ0n) is 10.7. The fourth-order valence-electron chi connectivity index (χ4n) is 2.03. The molecule has 1 heterocycles. The first-order valence-corrected chi connectivity index (χ1v) is 6.68. The minimum atomic E-state index is 0.127. The minimum Gasteiger partial charge on any atom is -0.323 e. The molecule has 98 valence electrons. The maximum absolute atomic E-state index is 11.6. The molecule has 1 fully saturated rings. The summed E-state index contributed by atoms with van der Waals surface area (Å²) in [6, 6.07) is 10.3. The lowest BCUT2D eigenvalue weighted by molar-refractivity contribution is -0.117. The van der Waals surface area contributed by atoms with Gasteiger partial charge < -0.3 is 5.32 Å². The number of amides is 1. The first-order chi connectivity index (χ1) is 9.31. The Morgan fingerprint density at radius 1 is 1.32 bits per heavy atom. The number of hydrogen-bond acceptors (Lipinski definition) is 2. The Morgan fingerprint density at radius 3 is 2.84 bits per heavy atom. The number of aryl methyl sites for hydroxylation is 2. The van der Waals surface area contributed by atoms with Crippen LogP contribution in [0.3, 0.4) is 0 Å². The van der Waals surface area contributed by atoms with E-state index >= 15 is 0 Å². The summed E-state index contributed by atoms with van der Waals surface area (Å²) in [6.07, 6.45) is 6.59. The molecule has 0 saturated heterocycles. The van der Waals surface area contributed by atoms with Gasteiger partial charge in [-0.3, -0.25) is 9.48 Å². The van der Waals surface area contributed by atoms with Gasteiger partial charge in [-0.15, -0.1) is 0 Å². The summed E-state index contributed by atoms with van der Waals surface area (Å²) < 4.78 is 1.87. The van der Waals surface area contributed by atoms with E-state index in [0.717, 1.165) is 31.5 Å². The van der Waals surface area contributed by atoms with Crippen LogP contribution in [0.2, 0.25) is 0 Å². The molecule has 0 spiro atoms. The zero-order chi connectivity index (χ0) is 13.1. The molecule has 0 bridgehead atoms. The molecule has 0 atom stereocenters. The average molecular weight is 255 g/mol. The van der Waals surface area contributed by atoms with Crippen molar-refractivity contribution in [3.8, 4) is 0 Å². The number of rotatable bonds is 5. The molecular weight excluding hydrogens is 238 g/mol.